The lowest BCUT2D eigenvalue weighted by molar-refractivity contribution is -0.152. The van der Waals surface area contributed by atoms with Gasteiger partial charge in [0.1, 0.15) is 23.6 Å². The standard InChI is InChI=1S/C26H29N3O7/c1-18-11-13-26(14-12-18)24(32)29(25(33)27-26)28-22(30)16-36-23(31)17-35-21-9-7-20(8-10-21)34-15-19-5-3-2-4-6-19/h2-10,18H,11-17H2,1H3,(H,27,33)(H,28,30). The van der Waals surface area contributed by atoms with Gasteiger partial charge in [0.05, 0.1) is 0 Å². The Hall–Kier alpha value is -4.08. The average molecular weight is 496 g/mol. The monoisotopic (exact) mass is 495 g/mol. The molecular formula is C26H29N3O7. The van der Waals surface area contributed by atoms with E-state index in [2.05, 4.69) is 17.7 Å². The van der Waals surface area contributed by atoms with Crippen LogP contribution in [0.5, 0.6) is 11.5 Å². The van der Waals surface area contributed by atoms with E-state index in [4.69, 9.17) is 14.2 Å². The first-order chi connectivity index (χ1) is 17.3. The molecule has 1 aliphatic carbocycles. The molecule has 2 aromatic carbocycles. The topological polar surface area (TPSA) is 123 Å². The molecule has 2 N–H and O–H groups in total. The van der Waals surface area contributed by atoms with Crippen LogP contribution in [-0.4, -0.2) is 47.6 Å². The van der Waals surface area contributed by atoms with E-state index in [-0.39, 0.29) is 0 Å². The molecule has 10 nitrogen and oxygen atoms in total. The van der Waals surface area contributed by atoms with Crippen molar-refractivity contribution in [3.8, 4) is 11.5 Å². The van der Waals surface area contributed by atoms with Crippen molar-refractivity contribution in [1.82, 2.24) is 15.8 Å². The number of carbonyl (C=O) groups is 4. The third kappa shape index (κ3) is 6.12. The van der Waals surface area contributed by atoms with Gasteiger partial charge >= 0.3 is 12.0 Å². The van der Waals surface area contributed by atoms with E-state index in [1.54, 1.807) is 24.3 Å². The van der Waals surface area contributed by atoms with Gasteiger partial charge in [-0.1, -0.05) is 37.3 Å². The number of hydrogen-bond acceptors (Lipinski definition) is 7. The number of nitrogens with one attached hydrogen (secondary N) is 2. The summed E-state index contributed by atoms with van der Waals surface area (Å²) in [5.41, 5.74) is 2.30. The van der Waals surface area contributed by atoms with Crippen LogP contribution in [0.15, 0.2) is 54.6 Å². The summed E-state index contributed by atoms with van der Waals surface area (Å²) in [6.45, 7) is 1.46. The molecule has 0 bridgehead atoms. The predicted octanol–water partition coefficient (Wildman–Crippen LogP) is 2.72. The second-order valence-corrected chi connectivity index (χ2v) is 9.07. The van der Waals surface area contributed by atoms with Crippen molar-refractivity contribution in [2.45, 2.75) is 44.8 Å². The first-order valence-corrected chi connectivity index (χ1v) is 11.9. The number of rotatable bonds is 9. The lowest BCUT2D eigenvalue weighted by Gasteiger charge is -2.33. The largest absolute Gasteiger partial charge is 0.489 e. The number of hydrazine groups is 1. The van der Waals surface area contributed by atoms with Gasteiger partial charge in [0, 0.05) is 0 Å². The second-order valence-electron chi connectivity index (χ2n) is 9.07. The number of imide groups is 1. The van der Waals surface area contributed by atoms with Gasteiger partial charge in [-0.3, -0.25) is 15.0 Å². The third-order valence-electron chi connectivity index (χ3n) is 6.32. The van der Waals surface area contributed by atoms with Crippen LogP contribution in [0.2, 0.25) is 0 Å². The Labute approximate surface area is 208 Å². The molecule has 2 aliphatic rings. The number of esters is 1. The highest BCUT2D eigenvalue weighted by atomic mass is 16.6. The van der Waals surface area contributed by atoms with Gasteiger partial charge in [-0.15, -0.1) is 0 Å². The second kappa shape index (κ2) is 11.1. The fraction of sp³-hybridized carbons (Fsp3) is 0.385. The molecule has 1 saturated carbocycles. The minimum Gasteiger partial charge on any atom is -0.489 e. The average Bonchev–Trinajstić information content (AvgIpc) is 3.12. The lowest BCUT2D eigenvalue weighted by Crippen LogP contribution is -2.52. The van der Waals surface area contributed by atoms with E-state index in [0.717, 1.165) is 18.4 Å². The quantitative estimate of drug-likeness (QED) is 0.405. The van der Waals surface area contributed by atoms with Gasteiger partial charge in [-0.2, -0.15) is 5.01 Å². The molecular weight excluding hydrogens is 466 g/mol. The highest BCUT2D eigenvalue weighted by molar-refractivity contribution is 6.08. The van der Waals surface area contributed by atoms with E-state index in [1.165, 1.54) is 0 Å². The summed E-state index contributed by atoms with van der Waals surface area (Å²) in [6, 6.07) is 15.8. The smallest absolute Gasteiger partial charge is 0.344 e. The summed E-state index contributed by atoms with van der Waals surface area (Å²) in [6.07, 6.45) is 2.68. The fourth-order valence-corrected chi connectivity index (χ4v) is 4.18. The van der Waals surface area contributed by atoms with Crippen LogP contribution >= 0.6 is 0 Å². The summed E-state index contributed by atoms with van der Waals surface area (Å²) in [4.78, 5) is 49.2. The third-order valence-corrected chi connectivity index (χ3v) is 6.32. The Bertz CT molecular complexity index is 1100. The van der Waals surface area contributed by atoms with Crippen LogP contribution in [0.25, 0.3) is 0 Å². The van der Waals surface area contributed by atoms with Crippen molar-refractivity contribution in [3.63, 3.8) is 0 Å². The van der Waals surface area contributed by atoms with E-state index in [9.17, 15) is 19.2 Å². The summed E-state index contributed by atoms with van der Waals surface area (Å²) in [5.74, 6) is -0.502. The highest BCUT2D eigenvalue weighted by Gasteiger charge is 2.52. The van der Waals surface area contributed by atoms with E-state index < -0.39 is 42.6 Å². The first kappa shape index (κ1) is 25.0. The summed E-state index contributed by atoms with van der Waals surface area (Å²) in [5, 5.41) is 3.38. The Morgan fingerprint density at radius 3 is 2.28 bits per heavy atom. The zero-order valence-electron chi connectivity index (χ0n) is 20.0. The van der Waals surface area contributed by atoms with Crippen LogP contribution in [0, 0.1) is 5.92 Å². The van der Waals surface area contributed by atoms with Gasteiger partial charge in [-0.05, 0) is 61.4 Å². The Morgan fingerprint density at radius 1 is 0.972 bits per heavy atom. The van der Waals surface area contributed by atoms with Gasteiger partial charge < -0.3 is 19.5 Å². The molecule has 10 heteroatoms. The molecule has 4 rings (SSSR count). The van der Waals surface area contributed by atoms with Gasteiger partial charge in [0.15, 0.2) is 13.2 Å². The number of benzene rings is 2. The van der Waals surface area contributed by atoms with Crippen LogP contribution in [0.3, 0.4) is 0 Å². The van der Waals surface area contributed by atoms with Crippen LogP contribution in [0.4, 0.5) is 4.79 Å². The molecule has 0 atom stereocenters. The number of carbonyl (C=O) groups excluding carboxylic acids is 4. The van der Waals surface area contributed by atoms with Crippen molar-refractivity contribution < 1.29 is 33.4 Å². The van der Waals surface area contributed by atoms with Crippen molar-refractivity contribution in [3.05, 3.63) is 60.2 Å². The molecule has 2 fully saturated rings. The number of nitrogens with zero attached hydrogens (tertiary/aromatic N) is 1. The van der Waals surface area contributed by atoms with Gasteiger partial charge in [0.2, 0.25) is 0 Å². The Kier molecular flexibility index (Phi) is 7.72. The van der Waals surface area contributed by atoms with Crippen molar-refractivity contribution in [2.24, 2.45) is 5.92 Å². The molecule has 4 amide bonds. The molecule has 1 heterocycles. The Balaban J connectivity index is 1.16. The van der Waals surface area contributed by atoms with E-state index >= 15 is 0 Å². The van der Waals surface area contributed by atoms with E-state index in [1.807, 2.05) is 30.3 Å². The predicted molar refractivity (Wildman–Crippen MR) is 128 cm³/mol. The molecule has 2 aromatic rings. The highest BCUT2D eigenvalue weighted by Crippen LogP contribution is 2.35. The number of ether oxygens (including phenoxy) is 3. The number of urea groups is 1. The van der Waals surface area contributed by atoms with Crippen LogP contribution < -0.4 is 20.2 Å². The molecule has 1 saturated heterocycles. The maximum Gasteiger partial charge on any atom is 0.344 e. The molecule has 36 heavy (non-hydrogen) atoms. The Morgan fingerprint density at radius 2 is 1.61 bits per heavy atom. The van der Waals surface area contributed by atoms with Gasteiger partial charge in [0.25, 0.3) is 11.8 Å². The zero-order chi connectivity index (χ0) is 25.5. The number of amides is 4. The number of hydrogen-bond donors (Lipinski definition) is 2. The van der Waals surface area contributed by atoms with Crippen LogP contribution in [0.1, 0.15) is 38.2 Å². The molecule has 1 aliphatic heterocycles. The van der Waals surface area contributed by atoms with Crippen LogP contribution in [-0.2, 0) is 25.7 Å². The fourth-order valence-electron chi connectivity index (χ4n) is 4.18. The molecule has 0 unspecified atom stereocenters. The van der Waals surface area contributed by atoms with E-state index in [0.29, 0.717) is 41.9 Å². The summed E-state index contributed by atoms with van der Waals surface area (Å²) >= 11 is 0. The SMILES string of the molecule is CC1CCC2(CC1)NC(=O)N(NC(=O)COC(=O)COc1ccc(OCc3ccccc3)cc1)C2=O. The van der Waals surface area contributed by atoms with Crippen molar-refractivity contribution in [2.75, 3.05) is 13.2 Å². The van der Waals surface area contributed by atoms with Crippen molar-refractivity contribution >= 4 is 23.8 Å². The maximum atomic E-state index is 12.8. The minimum absolute atomic E-state index is 0.415. The first-order valence-electron chi connectivity index (χ1n) is 11.9. The summed E-state index contributed by atoms with van der Waals surface area (Å²) < 4.78 is 16.0. The maximum absolute atomic E-state index is 12.8. The normalized spacial score (nSPS) is 21.1. The molecule has 0 radical (unpaired) electrons. The molecule has 1 spiro atoms. The lowest BCUT2D eigenvalue weighted by atomic mass is 9.77. The molecule has 190 valence electrons. The minimum atomic E-state index is -0.969. The van der Waals surface area contributed by atoms with Gasteiger partial charge in [-0.25, -0.2) is 9.59 Å². The van der Waals surface area contributed by atoms with Crippen molar-refractivity contribution in [1.29, 1.82) is 0 Å². The molecule has 0 aromatic heterocycles. The zero-order valence-corrected chi connectivity index (χ0v) is 20.0. The summed E-state index contributed by atoms with van der Waals surface area (Å²) in [7, 11) is 0.